The molecule has 1 amide bonds. The summed E-state index contributed by atoms with van der Waals surface area (Å²) >= 11 is 1.77. The molecular formula is C22H26N4O2S. The molecule has 1 aromatic heterocycles. The largest absolute Gasteiger partial charge is 0.495 e. The number of hydrogen-bond acceptors (Lipinski definition) is 6. The Bertz CT molecular complexity index is 962. The quantitative estimate of drug-likeness (QED) is 0.675. The van der Waals surface area contributed by atoms with E-state index in [1.54, 1.807) is 18.4 Å². The number of carbonyl (C=O) groups is 1. The number of nitrogens with zero attached hydrogens (tertiary/aromatic N) is 3. The molecule has 0 aliphatic carbocycles. The second-order valence-electron chi connectivity index (χ2n) is 7.38. The van der Waals surface area contributed by atoms with Gasteiger partial charge in [-0.15, -0.1) is 11.3 Å². The van der Waals surface area contributed by atoms with Gasteiger partial charge in [-0.25, -0.2) is 4.98 Å². The number of aromatic nitrogens is 1. The van der Waals surface area contributed by atoms with Gasteiger partial charge in [0.2, 0.25) is 5.91 Å². The highest BCUT2D eigenvalue weighted by Crippen LogP contribution is 2.25. The van der Waals surface area contributed by atoms with Crippen molar-refractivity contribution in [3.63, 3.8) is 0 Å². The van der Waals surface area contributed by atoms with E-state index >= 15 is 0 Å². The zero-order valence-electron chi connectivity index (χ0n) is 16.9. The van der Waals surface area contributed by atoms with E-state index in [1.165, 1.54) is 4.70 Å². The van der Waals surface area contributed by atoms with Crippen molar-refractivity contribution in [2.75, 3.05) is 45.2 Å². The summed E-state index contributed by atoms with van der Waals surface area (Å²) in [5.41, 5.74) is 2.89. The van der Waals surface area contributed by atoms with E-state index in [0.717, 1.165) is 54.5 Å². The normalized spacial score (nSPS) is 15.5. The fourth-order valence-electron chi connectivity index (χ4n) is 3.60. The molecule has 1 aliphatic rings. The highest BCUT2D eigenvalue weighted by Gasteiger charge is 2.20. The van der Waals surface area contributed by atoms with Crippen LogP contribution in [0.5, 0.6) is 5.75 Å². The van der Waals surface area contributed by atoms with Crippen molar-refractivity contribution >= 4 is 33.1 Å². The number of benzene rings is 2. The lowest BCUT2D eigenvalue weighted by Gasteiger charge is -2.33. The predicted molar refractivity (Wildman–Crippen MR) is 118 cm³/mol. The van der Waals surface area contributed by atoms with Crippen molar-refractivity contribution in [2.24, 2.45) is 0 Å². The van der Waals surface area contributed by atoms with Crippen LogP contribution in [0.3, 0.4) is 0 Å². The van der Waals surface area contributed by atoms with E-state index in [0.29, 0.717) is 12.3 Å². The van der Waals surface area contributed by atoms with Crippen LogP contribution in [-0.2, 0) is 11.3 Å². The second kappa shape index (κ2) is 8.90. The second-order valence-corrected chi connectivity index (χ2v) is 8.49. The van der Waals surface area contributed by atoms with Crippen LogP contribution in [0.2, 0.25) is 0 Å². The molecule has 0 atom stereocenters. The molecule has 0 saturated carbocycles. The highest BCUT2D eigenvalue weighted by molar-refractivity contribution is 7.18. The Labute approximate surface area is 175 Å². The summed E-state index contributed by atoms with van der Waals surface area (Å²) < 4.78 is 6.58. The number of amides is 1. The number of aryl methyl sites for hydroxylation is 1. The zero-order chi connectivity index (χ0) is 20.2. The molecule has 2 heterocycles. The van der Waals surface area contributed by atoms with Crippen LogP contribution in [0, 0.1) is 6.92 Å². The maximum absolute atomic E-state index is 12.5. The van der Waals surface area contributed by atoms with Crippen LogP contribution in [-0.4, -0.2) is 60.5 Å². The summed E-state index contributed by atoms with van der Waals surface area (Å²) in [6.45, 7) is 6.91. The number of methoxy groups -OCH3 is 1. The van der Waals surface area contributed by atoms with E-state index in [4.69, 9.17) is 9.72 Å². The fraction of sp³-hybridized carbons (Fsp3) is 0.364. The molecule has 1 fully saturated rings. The van der Waals surface area contributed by atoms with Gasteiger partial charge in [0.25, 0.3) is 0 Å². The number of nitrogens with one attached hydrogen (secondary N) is 1. The van der Waals surface area contributed by atoms with E-state index in [9.17, 15) is 4.79 Å². The van der Waals surface area contributed by atoms with Gasteiger partial charge in [-0.3, -0.25) is 14.6 Å². The minimum absolute atomic E-state index is 0.00600. The first-order valence-corrected chi connectivity index (χ1v) is 10.7. The van der Waals surface area contributed by atoms with Gasteiger partial charge < -0.3 is 10.1 Å². The van der Waals surface area contributed by atoms with Crippen molar-refractivity contribution in [2.45, 2.75) is 13.5 Å². The molecule has 2 aromatic carbocycles. The molecule has 1 aliphatic heterocycles. The van der Waals surface area contributed by atoms with Gasteiger partial charge >= 0.3 is 0 Å². The summed E-state index contributed by atoms with van der Waals surface area (Å²) in [5, 5.41) is 4.14. The van der Waals surface area contributed by atoms with Crippen LogP contribution < -0.4 is 10.1 Å². The standard InChI is InChI=1S/C22H26N4O2S/c1-16-7-8-19(28-2)18(13-16)23-21(27)14-25-9-11-26(12-10-25)15-22-24-17-5-3-4-6-20(17)29-22/h3-8,13H,9-12,14-15H2,1-2H3,(H,23,27). The first kappa shape index (κ1) is 19.8. The van der Waals surface area contributed by atoms with Gasteiger partial charge in [0.15, 0.2) is 0 Å². The van der Waals surface area contributed by atoms with Crippen LogP contribution in [0.25, 0.3) is 10.2 Å². The lowest BCUT2D eigenvalue weighted by Crippen LogP contribution is -2.48. The molecule has 1 N–H and O–H groups in total. The van der Waals surface area contributed by atoms with Crippen LogP contribution in [0.4, 0.5) is 5.69 Å². The number of thiazole rings is 1. The molecule has 6 nitrogen and oxygen atoms in total. The first-order chi connectivity index (χ1) is 14.1. The number of hydrogen-bond donors (Lipinski definition) is 1. The Kier molecular flexibility index (Phi) is 6.08. The van der Waals surface area contributed by atoms with Crippen LogP contribution >= 0.6 is 11.3 Å². The third-order valence-electron chi connectivity index (χ3n) is 5.16. The summed E-state index contributed by atoms with van der Waals surface area (Å²) in [6.07, 6.45) is 0. The smallest absolute Gasteiger partial charge is 0.238 e. The highest BCUT2D eigenvalue weighted by atomic mass is 32.1. The van der Waals surface area contributed by atoms with Gasteiger partial charge in [0.1, 0.15) is 10.8 Å². The van der Waals surface area contributed by atoms with Gasteiger partial charge in [-0.1, -0.05) is 18.2 Å². The van der Waals surface area contributed by atoms with Crippen molar-refractivity contribution in [1.82, 2.24) is 14.8 Å². The number of para-hydroxylation sites is 1. The fourth-order valence-corrected chi connectivity index (χ4v) is 4.61. The maximum Gasteiger partial charge on any atom is 0.238 e. The summed E-state index contributed by atoms with van der Waals surface area (Å²) in [6, 6.07) is 14.1. The van der Waals surface area contributed by atoms with Crippen LogP contribution in [0.1, 0.15) is 10.6 Å². The number of carbonyl (C=O) groups excluding carboxylic acids is 1. The number of piperazine rings is 1. The van der Waals surface area contributed by atoms with Crippen molar-refractivity contribution in [3.05, 3.63) is 53.0 Å². The number of fused-ring (bicyclic) bond motifs is 1. The molecule has 29 heavy (non-hydrogen) atoms. The molecule has 4 rings (SSSR count). The van der Waals surface area contributed by atoms with Gasteiger partial charge in [0, 0.05) is 26.2 Å². The van der Waals surface area contributed by atoms with Crippen LogP contribution in [0.15, 0.2) is 42.5 Å². The molecule has 152 valence electrons. The van der Waals surface area contributed by atoms with E-state index in [2.05, 4.69) is 33.3 Å². The van der Waals surface area contributed by atoms with Crippen molar-refractivity contribution in [3.8, 4) is 5.75 Å². The van der Waals surface area contributed by atoms with Crippen molar-refractivity contribution in [1.29, 1.82) is 0 Å². The van der Waals surface area contributed by atoms with E-state index < -0.39 is 0 Å². The molecule has 3 aromatic rings. The zero-order valence-corrected chi connectivity index (χ0v) is 17.7. The van der Waals surface area contributed by atoms with Gasteiger partial charge in [-0.05, 0) is 36.8 Å². The Morgan fingerprint density at radius 1 is 1.14 bits per heavy atom. The Hall–Kier alpha value is -2.48. The Balaban J connectivity index is 1.27. The minimum atomic E-state index is -0.00600. The maximum atomic E-state index is 12.5. The van der Waals surface area contributed by atoms with E-state index in [1.807, 2.05) is 31.2 Å². The first-order valence-electron chi connectivity index (χ1n) is 9.84. The average molecular weight is 411 g/mol. The SMILES string of the molecule is COc1ccc(C)cc1NC(=O)CN1CCN(Cc2nc3ccccc3s2)CC1. The molecule has 0 bridgehead atoms. The molecule has 0 radical (unpaired) electrons. The van der Waals surface area contributed by atoms with Gasteiger partial charge in [-0.2, -0.15) is 0 Å². The Morgan fingerprint density at radius 3 is 2.66 bits per heavy atom. The monoisotopic (exact) mass is 410 g/mol. The number of rotatable bonds is 6. The minimum Gasteiger partial charge on any atom is -0.495 e. The molecule has 0 unspecified atom stereocenters. The molecule has 1 saturated heterocycles. The molecule has 0 spiro atoms. The third kappa shape index (κ3) is 4.93. The summed E-state index contributed by atoms with van der Waals surface area (Å²) in [7, 11) is 1.62. The van der Waals surface area contributed by atoms with E-state index in [-0.39, 0.29) is 5.91 Å². The molecule has 7 heteroatoms. The number of anilines is 1. The van der Waals surface area contributed by atoms with Gasteiger partial charge in [0.05, 0.1) is 36.1 Å². The van der Waals surface area contributed by atoms with Crippen molar-refractivity contribution < 1.29 is 9.53 Å². The molecular weight excluding hydrogens is 384 g/mol. The lowest BCUT2D eigenvalue weighted by atomic mass is 10.2. The average Bonchev–Trinajstić information content (AvgIpc) is 3.12. The number of ether oxygens (including phenoxy) is 1. The summed E-state index contributed by atoms with van der Waals surface area (Å²) in [5.74, 6) is 0.679. The lowest BCUT2D eigenvalue weighted by molar-refractivity contribution is -0.117. The third-order valence-corrected chi connectivity index (χ3v) is 6.18. The summed E-state index contributed by atoms with van der Waals surface area (Å²) in [4.78, 5) is 21.8. The Morgan fingerprint density at radius 2 is 1.90 bits per heavy atom. The topological polar surface area (TPSA) is 57.7 Å². The predicted octanol–water partition coefficient (Wildman–Crippen LogP) is 3.37.